The molecule has 0 aromatic heterocycles. The molecule has 2 amide bonds. The van der Waals surface area contributed by atoms with Crippen LogP contribution in [0.2, 0.25) is 0 Å². The number of carboxylic acids is 1. The molecule has 2 rings (SSSR count). The highest BCUT2D eigenvalue weighted by molar-refractivity contribution is 5.93. The molecule has 3 atom stereocenters. The molecule has 7 nitrogen and oxygen atoms in total. The van der Waals surface area contributed by atoms with Gasteiger partial charge in [-0.25, -0.2) is 4.79 Å². The van der Waals surface area contributed by atoms with Gasteiger partial charge in [-0.2, -0.15) is 0 Å². The summed E-state index contributed by atoms with van der Waals surface area (Å²) in [5.74, 6) is -0.924. The topological polar surface area (TPSA) is 95.9 Å². The highest BCUT2D eigenvalue weighted by Gasteiger charge is 2.48. The summed E-state index contributed by atoms with van der Waals surface area (Å²) in [6.45, 7) is 2.36. The van der Waals surface area contributed by atoms with Crippen LogP contribution >= 0.6 is 0 Å². The van der Waals surface area contributed by atoms with Crippen molar-refractivity contribution in [3.05, 3.63) is 0 Å². The third kappa shape index (κ3) is 3.09. The molecule has 2 fully saturated rings. The minimum atomic E-state index is -0.886. The van der Waals surface area contributed by atoms with Crippen molar-refractivity contribution < 1.29 is 24.2 Å². The number of imide groups is 1. The Morgan fingerprint density at radius 2 is 2.10 bits per heavy atom. The van der Waals surface area contributed by atoms with Crippen LogP contribution in [-0.4, -0.2) is 53.7 Å². The molecule has 0 bridgehead atoms. The second-order valence-corrected chi connectivity index (χ2v) is 5.34. The maximum absolute atomic E-state index is 11.7. The van der Waals surface area contributed by atoms with E-state index in [2.05, 4.69) is 10.1 Å². The lowest BCUT2D eigenvalue weighted by Crippen LogP contribution is -2.46. The zero-order valence-corrected chi connectivity index (χ0v) is 11.5. The number of hydrogen-bond acceptors (Lipinski definition) is 5. The molecule has 1 saturated heterocycles. The molecule has 1 heterocycles. The summed E-state index contributed by atoms with van der Waals surface area (Å²) >= 11 is 0. The molecule has 0 aromatic rings. The van der Waals surface area contributed by atoms with Crippen molar-refractivity contribution in [3.8, 4) is 0 Å². The Hall–Kier alpha value is -1.63. The van der Waals surface area contributed by atoms with E-state index in [0.717, 1.165) is 19.3 Å². The van der Waals surface area contributed by atoms with Crippen molar-refractivity contribution in [2.45, 2.75) is 32.2 Å². The molecule has 1 aliphatic heterocycles. The van der Waals surface area contributed by atoms with Crippen LogP contribution in [-0.2, 0) is 14.3 Å². The van der Waals surface area contributed by atoms with Gasteiger partial charge in [-0.15, -0.1) is 0 Å². The smallest absolute Gasteiger partial charge is 0.413 e. The number of carbonyl (C=O) groups excluding carboxylic acids is 2. The van der Waals surface area contributed by atoms with E-state index in [-0.39, 0.29) is 19.1 Å². The van der Waals surface area contributed by atoms with E-state index in [4.69, 9.17) is 0 Å². The van der Waals surface area contributed by atoms with E-state index in [1.54, 1.807) is 11.8 Å². The number of rotatable bonds is 4. The van der Waals surface area contributed by atoms with E-state index in [1.807, 2.05) is 0 Å². The fourth-order valence-electron chi connectivity index (χ4n) is 3.40. The van der Waals surface area contributed by atoms with Crippen molar-refractivity contribution in [1.82, 2.24) is 10.2 Å². The van der Waals surface area contributed by atoms with Gasteiger partial charge in [-0.1, -0.05) is 6.42 Å². The van der Waals surface area contributed by atoms with Crippen LogP contribution in [0, 0.1) is 11.8 Å². The highest BCUT2D eigenvalue weighted by atomic mass is 16.5. The number of alkyl carbamates (subject to hydrolysis) is 1. The van der Waals surface area contributed by atoms with Gasteiger partial charge in [0, 0.05) is 6.54 Å². The van der Waals surface area contributed by atoms with Gasteiger partial charge in [0.25, 0.3) is 0 Å². The first-order chi connectivity index (χ1) is 9.52. The molecule has 1 saturated carbocycles. The van der Waals surface area contributed by atoms with Crippen LogP contribution in [0.5, 0.6) is 0 Å². The molecule has 0 spiro atoms. The van der Waals surface area contributed by atoms with Crippen molar-refractivity contribution >= 4 is 18.0 Å². The Labute approximate surface area is 117 Å². The van der Waals surface area contributed by atoms with Gasteiger partial charge in [0.2, 0.25) is 5.91 Å². The van der Waals surface area contributed by atoms with Crippen molar-refractivity contribution in [2.24, 2.45) is 11.8 Å². The second kappa shape index (κ2) is 6.21. The number of carboxylic acid groups (broad SMARTS) is 1. The Balaban J connectivity index is 1.93. The predicted molar refractivity (Wildman–Crippen MR) is 69.0 cm³/mol. The summed E-state index contributed by atoms with van der Waals surface area (Å²) in [5.41, 5.74) is 0. The molecular weight excluding hydrogens is 264 g/mol. The lowest BCUT2D eigenvalue weighted by atomic mass is 9.94. The Kier molecular flexibility index (Phi) is 4.59. The zero-order chi connectivity index (χ0) is 14.7. The normalized spacial score (nSPS) is 28.9. The summed E-state index contributed by atoms with van der Waals surface area (Å²) < 4.78 is 4.62. The number of fused-ring (bicyclic) bond motifs is 1. The van der Waals surface area contributed by atoms with Crippen LogP contribution in [0.3, 0.4) is 0 Å². The minimum Gasteiger partial charge on any atom is -0.480 e. The number of nitrogens with one attached hydrogen (secondary N) is 1. The lowest BCUT2D eigenvalue weighted by Gasteiger charge is -2.23. The summed E-state index contributed by atoms with van der Waals surface area (Å²) in [7, 11) is 0. The summed E-state index contributed by atoms with van der Waals surface area (Å²) in [6.07, 6.45) is 2.19. The molecule has 112 valence electrons. The predicted octanol–water partition coefficient (Wildman–Crippen LogP) is 0.444. The average Bonchev–Trinajstić information content (AvgIpc) is 2.87. The van der Waals surface area contributed by atoms with E-state index in [1.165, 1.54) is 0 Å². The number of nitrogens with zero attached hydrogens (tertiary/aromatic N) is 1. The first kappa shape index (κ1) is 14.8. The molecule has 0 aromatic carbocycles. The molecule has 2 N–H and O–H groups in total. The Morgan fingerprint density at radius 3 is 2.75 bits per heavy atom. The number of carbonyl (C=O) groups is 3. The van der Waals surface area contributed by atoms with E-state index < -0.39 is 24.0 Å². The SMILES string of the molecule is CCOC(=O)NC(=O)CN1CC2CCCC2C1C(=O)O. The third-order valence-corrected chi connectivity index (χ3v) is 4.10. The summed E-state index contributed by atoms with van der Waals surface area (Å²) in [6, 6.07) is -0.615. The average molecular weight is 284 g/mol. The van der Waals surface area contributed by atoms with Gasteiger partial charge in [-0.3, -0.25) is 19.8 Å². The van der Waals surface area contributed by atoms with E-state index in [0.29, 0.717) is 12.5 Å². The Bertz CT molecular complexity index is 412. The first-order valence-electron chi connectivity index (χ1n) is 6.96. The first-order valence-corrected chi connectivity index (χ1v) is 6.96. The molecule has 7 heteroatoms. The van der Waals surface area contributed by atoms with Crippen LogP contribution in [0.15, 0.2) is 0 Å². The van der Waals surface area contributed by atoms with Gasteiger partial charge < -0.3 is 9.84 Å². The summed E-state index contributed by atoms with van der Waals surface area (Å²) in [5, 5.41) is 11.4. The molecule has 20 heavy (non-hydrogen) atoms. The van der Waals surface area contributed by atoms with Gasteiger partial charge in [0.15, 0.2) is 0 Å². The maximum atomic E-state index is 11.7. The number of ether oxygens (including phenoxy) is 1. The van der Waals surface area contributed by atoms with Gasteiger partial charge in [-0.05, 0) is 31.6 Å². The van der Waals surface area contributed by atoms with Crippen molar-refractivity contribution in [2.75, 3.05) is 19.7 Å². The minimum absolute atomic E-state index is 0.0806. The van der Waals surface area contributed by atoms with Crippen LogP contribution in [0.1, 0.15) is 26.2 Å². The van der Waals surface area contributed by atoms with E-state index >= 15 is 0 Å². The molecule has 0 radical (unpaired) electrons. The van der Waals surface area contributed by atoms with Crippen molar-refractivity contribution in [1.29, 1.82) is 0 Å². The zero-order valence-electron chi connectivity index (χ0n) is 11.5. The van der Waals surface area contributed by atoms with Crippen LogP contribution < -0.4 is 5.32 Å². The standard InChI is InChI=1S/C13H20N2O5/c1-2-20-13(19)14-10(16)7-15-6-8-4-3-5-9(8)11(15)12(17)18/h8-9,11H,2-7H2,1H3,(H,17,18)(H,14,16,19). The highest BCUT2D eigenvalue weighted by Crippen LogP contribution is 2.41. The summed E-state index contributed by atoms with van der Waals surface area (Å²) in [4.78, 5) is 35.9. The maximum Gasteiger partial charge on any atom is 0.413 e. The molecule has 1 aliphatic carbocycles. The van der Waals surface area contributed by atoms with Crippen LogP contribution in [0.25, 0.3) is 0 Å². The quantitative estimate of drug-likeness (QED) is 0.778. The van der Waals surface area contributed by atoms with Crippen molar-refractivity contribution in [3.63, 3.8) is 0 Å². The fraction of sp³-hybridized carbons (Fsp3) is 0.769. The molecule has 3 unspecified atom stereocenters. The Morgan fingerprint density at radius 1 is 1.35 bits per heavy atom. The monoisotopic (exact) mass is 284 g/mol. The van der Waals surface area contributed by atoms with E-state index in [9.17, 15) is 19.5 Å². The number of likely N-dealkylation sites (tertiary alicyclic amines) is 1. The van der Waals surface area contributed by atoms with Gasteiger partial charge in [0.1, 0.15) is 6.04 Å². The van der Waals surface area contributed by atoms with Gasteiger partial charge in [0.05, 0.1) is 13.2 Å². The fourth-order valence-corrected chi connectivity index (χ4v) is 3.40. The lowest BCUT2D eigenvalue weighted by molar-refractivity contribution is -0.144. The second-order valence-electron chi connectivity index (χ2n) is 5.34. The number of hydrogen-bond donors (Lipinski definition) is 2. The number of amides is 2. The largest absolute Gasteiger partial charge is 0.480 e. The number of aliphatic carboxylic acids is 1. The van der Waals surface area contributed by atoms with Gasteiger partial charge >= 0.3 is 12.1 Å². The molecule has 2 aliphatic rings. The third-order valence-electron chi connectivity index (χ3n) is 4.10. The van der Waals surface area contributed by atoms with Crippen LogP contribution in [0.4, 0.5) is 4.79 Å². The molecular formula is C13H20N2O5.